The van der Waals surface area contributed by atoms with Crippen LogP contribution in [0.25, 0.3) is 10.9 Å². The minimum atomic E-state index is -0.293. The number of hydrogen-bond donors (Lipinski definition) is 2. The van der Waals surface area contributed by atoms with Crippen LogP contribution in [0.15, 0.2) is 40.1 Å². The monoisotopic (exact) mass is 337 g/mol. The highest BCUT2D eigenvalue weighted by Gasteiger charge is 2.17. The molecule has 2 aromatic heterocycles. The summed E-state index contributed by atoms with van der Waals surface area (Å²) in [5, 5.41) is 10.3. The van der Waals surface area contributed by atoms with Gasteiger partial charge in [0.2, 0.25) is 5.89 Å². The second kappa shape index (κ2) is 7.17. The van der Waals surface area contributed by atoms with Crippen LogP contribution in [0.4, 0.5) is 0 Å². The molecule has 1 aromatic carbocycles. The summed E-state index contributed by atoms with van der Waals surface area (Å²) in [5.41, 5.74) is 8.48. The number of aromatic amines is 1. The van der Waals surface area contributed by atoms with Crippen LogP contribution >= 0.6 is 11.8 Å². The van der Waals surface area contributed by atoms with E-state index in [-0.39, 0.29) is 18.4 Å². The van der Waals surface area contributed by atoms with Gasteiger partial charge in [0.15, 0.2) is 0 Å². The van der Waals surface area contributed by atoms with Gasteiger partial charge in [0, 0.05) is 22.3 Å². The predicted octanol–water partition coefficient (Wildman–Crippen LogP) is 0.298. The molecule has 0 spiro atoms. The Morgan fingerprint density at radius 2 is 2.05 bits per heavy atom. The quantitative estimate of drug-likeness (QED) is 0.654. The largest absolute Gasteiger partial charge is 1.00 e. The van der Waals surface area contributed by atoms with Crippen molar-refractivity contribution < 1.29 is 16.8 Å². The Balaban J connectivity index is 0.00000176. The van der Waals surface area contributed by atoms with E-state index in [9.17, 15) is 0 Å². The molecule has 0 unspecified atom stereocenters. The number of para-hydroxylation sites is 1. The number of H-pyrrole nitrogens is 1. The van der Waals surface area contributed by atoms with Gasteiger partial charge in [-0.15, -0.1) is 10.2 Å². The summed E-state index contributed by atoms with van der Waals surface area (Å²) in [5.74, 6) is 0.489. The normalized spacial score (nSPS) is 12.5. The number of halogens is 1. The fourth-order valence-corrected chi connectivity index (χ4v) is 2.87. The van der Waals surface area contributed by atoms with Crippen LogP contribution in [0.1, 0.15) is 31.3 Å². The molecule has 3 rings (SSSR count). The van der Waals surface area contributed by atoms with Gasteiger partial charge in [-0.05, 0) is 18.1 Å². The van der Waals surface area contributed by atoms with Crippen molar-refractivity contribution in [3.05, 3.63) is 41.9 Å². The maximum absolute atomic E-state index is 6.20. The summed E-state index contributed by atoms with van der Waals surface area (Å²) in [6.45, 7) is 4.17. The summed E-state index contributed by atoms with van der Waals surface area (Å²) in [6.07, 6.45) is 2.66. The third kappa shape index (κ3) is 3.63. The summed E-state index contributed by atoms with van der Waals surface area (Å²) >= 11 is 1.55. The summed E-state index contributed by atoms with van der Waals surface area (Å²) in [6, 6.07) is 7.87. The Kier molecular flexibility index (Phi) is 5.50. The zero-order valence-corrected chi connectivity index (χ0v) is 14.0. The van der Waals surface area contributed by atoms with E-state index in [1.54, 1.807) is 11.8 Å². The number of benzene rings is 1. The maximum atomic E-state index is 6.20. The second-order valence-corrected chi connectivity index (χ2v) is 6.77. The van der Waals surface area contributed by atoms with Gasteiger partial charge < -0.3 is 27.5 Å². The molecule has 2 heterocycles. The van der Waals surface area contributed by atoms with E-state index in [4.69, 9.17) is 10.2 Å². The molecule has 0 aliphatic carbocycles. The fourth-order valence-electron chi connectivity index (χ4n) is 2.24. The highest BCUT2D eigenvalue weighted by Crippen LogP contribution is 2.26. The Labute approximate surface area is 139 Å². The van der Waals surface area contributed by atoms with E-state index in [0.29, 0.717) is 22.8 Å². The van der Waals surface area contributed by atoms with Crippen molar-refractivity contribution in [2.75, 3.05) is 0 Å². The predicted molar refractivity (Wildman–Crippen MR) is 84.2 cm³/mol. The van der Waals surface area contributed by atoms with E-state index >= 15 is 0 Å². The number of rotatable bonds is 5. The molecule has 0 saturated heterocycles. The Morgan fingerprint density at radius 1 is 1.27 bits per heavy atom. The molecule has 3 aromatic rings. The Hall–Kier alpha value is -1.50. The standard InChI is InChI=1S/C15H18N4OS.ClH/c1-9(2)21-15-19-18-14(20-15)12(16)7-10-8-17-13-6-4-3-5-11(10)13;/h3-6,8-9,12,17H,7,16H2,1-2H3;1H/p-1/t12-;/m0./s1. The molecule has 1 atom stereocenters. The highest BCUT2D eigenvalue weighted by atomic mass is 35.5. The first kappa shape index (κ1) is 16.9. The van der Waals surface area contributed by atoms with Crippen molar-refractivity contribution >= 4 is 22.7 Å². The number of hydrogen-bond acceptors (Lipinski definition) is 5. The van der Waals surface area contributed by atoms with Crippen molar-refractivity contribution in [1.29, 1.82) is 0 Å². The lowest BCUT2D eigenvalue weighted by Gasteiger charge is -2.06. The number of nitrogens with two attached hydrogens (primary N) is 1. The smallest absolute Gasteiger partial charge is 0.276 e. The number of nitrogens with one attached hydrogen (secondary N) is 1. The van der Waals surface area contributed by atoms with E-state index in [1.807, 2.05) is 18.3 Å². The zero-order chi connectivity index (χ0) is 14.8. The number of thioether (sulfide) groups is 1. The molecule has 7 heteroatoms. The van der Waals surface area contributed by atoms with Crippen molar-refractivity contribution in [2.24, 2.45) is 5.73 Å². The van der Waals surface area contributed by atoms with Gasteiger partial charge in [0.25, 0.3) is 5.22 Å². The number of fused-ring (bicyclic) bond motifs is 1. The summed E-state index contributed by atoms with van der Waals surface area (Å²) in [7, 11) is 0. The lowest BCUT2D eigenvalue weighted by atomic mass is 10.1. The van der Waals surface area contributed by atoms with E-state index in [1.165, 1.54) is 5.39 Å². The average Bonchev–Trinajstić information content (AvgIpc) is 3.06. The molecule has 0 fully saturated rings. The first-order chi connectivity index (χ1) is 10.1. The van der Waals surface area contributed by atoms with E-state index < -0.39 is 0 Å². The van der Waals surface area contributed by atoms with Gasteiger partial charge in [-0.3, -0.25) is 0 Å². The van der Waals surface area contributed by atoms with Crippen LogP contribution in [0.5, 0.6) is 0 Å². The summed E-state index contributed by atoms with van der Waals surface area (Å²) < 4.78 is 5.62. The molecule has 5 nitrogen and oxygen atoms in total. The van der Waals surface area contributed by atoms with Gasteiger partial charge in [-0.2, -0.15) is 0 Å². The molecule has 118 valence electrons. The van der Waals surface area contributed by atoms with E-state index in [0.717, 1.165) is 11.1 Å². The molecular formula is C15H18ClN4OS-. The van der Waals surface area contributed by atoms with Crippen LogP contribution in [-0.2, 0) is 6.42 Å². The van der Waals surface area contributed by atoms with Gasteiger partial charge in [-0.1, -0.05) is 43.8 Å². The topological polar surface area (TPSA) is 80.7 Å². The molecule has 0 bridgehead atoms. The zero-order valence-electron chi connectivity index (χ0n) is 12.4. The fraction of sp³-hybridized carbons (Fsp3) is 0.333. The highest BCUT2D eigenvalue weighted by molar-refractivity contribution is 7.99. The minimum Gasteiger partial charge on any atom is -1.00 e. The third-order valence-corrected chi connectivity index (χ3v) is 4.03. The Morgan fingerprint density at radius 3 is 2.82 bits per heavy atom. The second-order valence-electron chi connectivity index (χ2n) is 5.24. The third-order valence-electron chi connectivity index (χ3n) is 3.19. The number of aromatic nitrogens is 3. The van der Waals surface area contributed by atoms with Crippen molar-refractivity contribution in [1.82, 2.24) is 15.2 Å². The lowest BCUT2D eigenvalue weighted by molar-refractivity contribution is -0.00000508. The molecule has 0 radical (unpaired) electrons. The van der Waals surface area contributed by atoms with Gasteiger partial charge in [-0.25, -0.2) is 0 Å². The van der Waals surface area contributed by atoms with Gasteiger partial charge in [0.1, 0.15) is 0 Å². The van der Waals surface area contributed by atoms with Crippen molar-refractivity contribution in [2.45, 2.75) is 36.8 Å². The van der Waals surface area contributed by atoms with Gasteiger partial charge in [0.05, 0.1) is 6.04 Å². The molecule has 0 saturated carbocycles. The van der Waals surface area contributed by atoms with Crippen LogP contribution in [-0.4, -0.2) is 20.4 Å². The molecular weight excluding hydrogens is 320 g/mol. The van der Waals surface area contributed by atoms with E-state index in [2.05, 4.69) is 41.2 Å². The number of nitrogens with zero attached hydrogens (tertiary/aromatic N) is 2. The van der Waals surface area contributed by atoms with Crippen LogP contribution in [0, 0.1) is 0 Å². The average molecular weight is 338 g/mol. The molecule has 3 N–H and O–H groups in total. The molecule has 22 heavy (non-hydrogen) atoms. The molecule has 0 aliphatic rings. The van der Waals surface area contributed by atoms with Gasteiger partial charge >= 0.3 is 0 Å². The SMILES string of the molecule is CC(C)Sc1nnc([C@@H](N)Cc2c[nH]c3ccccc23)o1.[Cl-]. The maximum Gasteiger partial charge on any atom is 0.276 e. The minimum absolute atomic E-state index is 0. The first-order valence-electron chi connectivity index (χ1n) is 6.94. The lowest BCUT2D eigenvalue weighted by Crippen LogP contribution is -3.00. The summed E-state index contributed by atoms with van der Waals surface area (Å²) in [4.78, 5) is 3.25. The van der Waals surface area contributed by atoms with Crippen LogP contribution in [0.3, 0.4) is 0 Å². The molecule has 0 aliphatic heterocycles. The van der Waals surface area contributed by atoms with Crippen LogP contribution in [0.2, 0.25) is 0 Å². The van der Waals surface area contributed by atoms with Crippen LogP contribution < -0.4 is 18.1 Å². The molecule has 0 amide bonds. The first-order valence-corrected chi connectivity index (χ1v) is 7.82. The Bertz CT molecular complexity index is 740. The van der Waals surface area contributed by atoms with Crippen molar-refractivity contribution in [3.63, 3.8) is 0 Å². The van der Waals surface area contributed by atoms with Crippen molar-refractivity contribution in [3.8, 4) is 0 Å².